The van der Waals surface area contributed by atoms with Crippen LogP contribution in [-0.2, 0) is 7.05 Å². The molecule has 0 radical (unpaired) electrons. The number of amides is 2. The van der Waals surface area contributed by atoms with Gasteiger partial charge in [-0.15, -0.1) is 0 Å². The van der Waals surface area contributed by atoms with Gasteiger partial charge < -0.3 is 19.8 Å². The Morgan fingerprint density at radius 3 is 2.69 bits per heavy atom. The molecule has 26 heavy (non-hydrogen) atoms. The van der Waals surface area contributed by atoms with Crippen molar-refractivity contribution < 1.29 is 18.7 Å². The number of anilines is 1. The third kappa shape index (κ3) is 3.14. The first-order valence-corrected chi connectivity index (χ1v) is 7.62. The van der Waals surface area contributed by atoms with E-state index in [4.69, 9.17) is 9.15 Å². The highest BCUT2D eigenvalue weighted by Gasteiger charge is 2.20. The highest BCUT2D eigenvalue weighted by Crippen LogP contribution is 2.23. The summed E-state index contributed by atoms with van der Waals surface area (Å²) in [5, 5.41) is 9.53. The van der Waals surface area contributed by atoms with Crippen LogP contribution in [0.1, 0.15) is 20.8 Å². The van der Waals surface area contributed by atoms with Gasteiger partial charge in [0.2, 0.25) is 0 Å². The van der Waals surface area contributed by atoms with Crippen LogP contribution in [0.3, 0.4) is 0 Å². The van der Waals surface area contributed by atoms with Crippen molar-refractivity contribution in [2.45, 2.75) is 0 Å². The molecule has 134 valence electrons. The number of nitrogens with zero attached hydrogens (tertiary/aromatic N) is 2. The summed E-state index contributed by atoms with van der Waals surface area (Å²) in [4.78, 5) is 36.4. The zero-order chi connectivity index (χ0) is 18.8. The normalized spacial score (nSPS) is 10.6. The standard InChI is InChI=1S/C17H16N4O5/c1-18-17(24)15-12(8-21(2)20-15)19-16(23)11-7-14(22)26-13-6-9(25-3)4-5-10(11)13/h4-8H,1-3H3,(H,18,24)(H,19,23). The van der Waals surface area contributed by atoms with Crippen LogP contribution in [0.25, 0.3) is 11.0 Å². The van der Waals surface area contributed by atoms with Gasteiger partial charge in [-0.3, -0.25) is 14.3 Å². The zero-order valence-corrected chi connectivity index (χ0v) is 14.3. The minimum atomic E-state index is -0.673. The van der Waals surface area contributed by atoms with Crippen molar-refractivity contribution in [3.05, 3.63) is 52.1 Å². The zero-order valence-electron chi connectivity index (χ0n) is 14.3. The fraction of sp³-hybridized carbons (Fsp3) is 0.176. The Morgan fingerprint density at radius 2 is 2.00 bits per heavy atom. The predicted molar refractivity (Wildman–Crippen MR) is 93.6 cm³/mol. The maximum absolute atomic E-state index is 12.7. The summed E-state index contributed by atoms with van der Waals surface area (Å²) in [6.45, 7) is 0. The Kier molecular flexibility index (Phi) is 4.44. The third-order valence-corrected chi connectivity index (χ3v) is 3.72. The molecular formula is C17H16N4O5. The summed E-state index contributed by atoms with van der Waals surface area (Å²) in [5.74, 6) is -0.512. The third-order valence-electron chi connectivity index (χ3n) is 3.72. The molecule has 9 nitrogen and oxygen atoms in total. The van der Waals surface area contributed by atoms with Gasteiger partial charge in [-0.05, 0) is 12.1 Å². The van der Waals surface area contributed by atoms with Crippen molar-refractivity contribution in [1.82, 2.24) is 15.1 Å². The Labute approximate surface area is 147 Å². The molecule has 3 aromatic rings. The largest absolute Gasteiger partial charge is 0.497 e. The molecule has 0 bridgehead atoms. The Bertz CT molecular complexity index is 1070. The molecule has 2 N–H and O–H groups in total. The van der Waals surface area contributed by atoms with Crippen LogP contribution in [0.5, 0.6) is 5.75 Å². The lowest BCUT2D eigenvalue weighted by molar-refractivity contribution is 0.0958. The second-order valence-electron chi connectivity index (χ2n) is 5.44. The van der Waals surface area contributed by atoms with Crippen molar-refractivity contribution >= 4 is 28.5 Å². The lowest BCUT2D eigenvalue weighted by Gasteiger charge is -2.08. The van der Waals surface area contributed by atoms with Crippen LogP contribution in [0.15, 0.2) is 39.7 Å². The lowest BCUT2D eigenvalue weighted by atomic mass is 10.1. The molecule has 0 aliphatic rings. The fourth-order valence-electron chi connectivity index (χ4n) is 2.51. The number of aromatic nitrogens is 2. The van der Waals surface area contributed by atoms with Crippen LogP contribution < -0.4 is 21.0 Å². The first-order valence-electron chi connectivity index (χ1n) is 7.62. The number of fused-ring (bicyclic) bond motifs is 1. The quantitative estimate of drug-likeness (QED) is 0.678. The maximum atomic E-state index is 12.7. The molecule has 0 spiro atoms. The molecule has 2 aromatic heterocycles. The number of rotatable bonds is 4. The molecule has 1 aromatic carbocycles. The van der Waals surface area contributed by atoms with Gasteiger partial charge in [0.15, 0.2) is 5.69 Å². The Hall–Kier alpha value is -3.62. The Morgan fingerprint density at radius 1 is 1.23 bits per heavy atom. The number of benzene rings is 1. The monoisotopic (exact) mass is 356 g/mol. The highest BCUT2D eigenvalue weighted by atomic mass is 16.5. The van der Waals surface area contributed by atoms with E-state index in [0.29, 0.717) is 11.1 Å². The molecule has 0 aliphatic heterocycles. The van der Waals surface area contributed by atoms with Crippen molar-refractivity contribution in [2.75, 3.05) is 19.5 Å². The first kappa shape index (κ1) is 17.2. The van der Waals surface area contributed by atoms with E-state index < -0.39 is 17.4 Å². The van der Waals surface area contributed by atoms with Gasteiger partial charge in [0.05, 0.1) is 18.4 Å². The van der Waals surface area contributed by atoms with Crippen molar-refractivity contribution in [3.8, 4) is 5.75 Å². The molecule has 2 amide bonds. The van der Waals surface area contributed by atoms with E-state index in [1.807, 2.05) is 0 Å². The summed E-state index contributed by atoms with van der Waals surface area (Å²) in [6.07, 6.45) is 1.50. The maximum Gasteiger partial charge on any atom is 0.337 e. The Balaban J connectivity index is 2.04. The molecule has 2 heterocycles. The summed E-state index contributed by atoms with van der Waals surface area (Å²) in [7, 11) is 4.57. The van der Waals surface area contributed by atoms with E-state index in [2.05, 4.69) is 15.7 Å². The molecular weight excluding hydrogens is 340 g/mol. The minimum Gasteiger partial charge on any atom is -0.497 e. The van der Waals surface area contributed by atoms with Crippen molar-refractivity contribution in [3.63, 3.8) is 0 Å². The summed E-state index contributed by atoms with van der Waals surface area (Å²) < 4.78 is 11.6. The summed E-state index contributed by atoms with van der Waals surface area (Å²) in [6, 6.07) is 5.89. The molecule has 0 atom stereocenters. The number of aryl methyl sites for hydroxylation is 1. The number of methoxy groups -OCH3 is 1. The first-order chi connectivity index (χ1) is 12.4. The second kappa shape index (κ2) is 6.71. The van der Waals surface area contributed by atoms with Crippen LogP contribution in [0.4, 0.5) is 5.69 Å². The van der Waals surface area contributed by atoms with Gasteiger partial charge >= 0.3 is 5.63 Å². The highest BCUT2D eigenvalue weighted by molar-refractivity contribution is 6.13. The predicted octanol–water partition coefficient (Wildman–Crippen LogP) is 1.15. The topological polar surface area (TPSA) is 115 Å². The van der Waals surface area contributed by atoms with Gasteiger partial charge in [-0.2, -0.15) is 5.10 Å². The molecule has 0 saturated heterocycles. The second-order valence-corrected chi connectivity index (χ2v) is 5.44. The van der Waals surface area contributed by atoms with Crippen LogP contribution >= 0.6 is 0 Å². The van der Waals surface area contributed by atoms with Gasteiger partial charge in [0, 0.05) is 37.8 Å². The SMILES string of the molecule is CNC(=O)c1nn(C)cc1NC(=O)c1cc(=O)oc2cc(OC)ccc12. The average Bonchev–Trinajstić information content (AvgIpc) is 2.99. The van der Waals surface area contributed by atoms with Gasteiger partial charge in [0.1, 0.15) is 11.3 Å². The number of nitrogens with one attached hydrogen (secondary N) is 2. The number of hydrogen-bond donors (Lipinski definition) is 2. The van der Waals surface area contributed by atoms with Gasteiger partial charge in [-0.1, -0.05) is 0 Å². The molecule has 0 unspecified atom stereocenters. The van der Waals surface area contributed by atoms with Crippen LogP contribution in [0.2, 0.25) is 0 Å². The average molecular weight is 356 g/mol. The van der Waals surface area contributed by atoms with E-state index in [0.717, 1.165) is 6.07 Å². The molecule has 0 fully saturated rings. The minimum absolute atomic E-state index is 0.0669. The van der Waals surface area contributed by atoms with E-state index in [1.165, 1.54) is 31.1 Å². The van der Waals surface area contributed by atoms with Crippen LogP contribution in [-0.4, -0.2) is 35.8 Å². The van der Waals surface area contributed by atoms with Crippen molar-refractivity contribution in [1.29, 1.82) is 0 Å². The van der Waals surface area contributed by atoms with E-state index >= 15 is 0 Å². The van der Waals surface area contributed by atoms with Gasteiger partial charge in [-0.25, -0.2) is 4.79 Å². The van der Waals surface area contributed by atoms with E-state index in [9.17, 15) is 14.4 Å². The van der Waals surface area contributed by atoms with E-state index in [-0.39, 0.29) is 22.5 Å². The van der Waals surface area contributed by atoms with E-state index in [1.54, 1.807) is 19.2 Å². The fourth-order valence-corrected chi connectivity index (χ4v) is 2.51. The molecule has 3 rings (SSSR count). The molecule has 0 saturated carbocycles. The number of carbonyl (C=O) groups excluding carboxylic acids is 2. The molecule has 0 aliphatic carbocycles. The summed E-state index contributed by atoms with van der Waals surface area (Å²) >= 11 is 0. The number of hydrogen-bond acceptors (Lipinski definition) is 6. The number of ether oxygens (including phenoxy) is 1. The van der Waals surface area contributed by atoms with Gasteiger partial charge in [0.25, 0.3) is 11.8 Å². The lowest BCUT2D eigenvalue weighted by Crippen LogP contribution is -2.22. The van der Waals surface area contributed by atoms with Crippen LogP contribution in [0, 0.1) is 0 Å². The molecule has 9 heteroatoms. The van der Waals surface area contributed by atoms with Crippen molar-refractivity contribution in [2.24, 2.45) is 7.05 Å². The summed E-state index contributed by atoms with van der Waals surface area (Å²) in [5.41, 5.74) is -0.0389. The number of carbonyl (C=O) groups is 2. The smallest absolute Gasteiger partial charge is 0.337 e.